The standard InChI is InChI=1S/C10H14IN3O3/c1-7-13-5-8(11)10(16)14(7)6-9(15)12-3-4-17-2/h5H,3-4,6H2,1-2H3,(H,12,15). The Kier molecular flexibility index (Phi) is 5.56. The minimum Gasteiger partial charge on any atom is -0.383 e. The normalized spacial score (nSPS) is 10.3. The van der Waals surface area contributed by atoms with Gasteiger partial charge >= 0.3 is 0 Å². The largest absolute Gasteiger partial charge is 0.383 e. The number of rotatable bonds is 5. The predicted octanol–water partition coefficient (Wildman–Crippen LogP) is -0.0811. The average molecular weight is 351 g/mol. The van der Waals surface area contributed by atoms with Crippen LogP contribution in [0.4, 0.5) is 0 Å². The molecule has 0 aliphatic heterocycles. The van der Waals surface area contributed by atoms with Gasteiger partial charge in [-0.1, -0.05) is 0 Å². The maximum Gasteiger partial charge on any atom is 0.267 e. The molecule has 7 heteroatoms. The third-order valence-electron chi connectivity index (χ3n) is 2.13. The Labute approximate surface area is 113 Å². The number of ether oxygens (including phenoxy) is 1. The van der Waals surface area contributed by atoms with E-state index in [1.807, 2.05) is 22.6 Å². The van der Waals surface area contributed by atoms with Crippen LogP contribution in [0.5, 0.6) is 0 Å². The van der Waals surface area contributed by atoms with Crippen molar-refractivity contribution in [1.29, 1.82) is 0 Å². The molecule has 6 nitrogen and oxygen atoms in total. The molecular weight excluding hydrogens is 337 g/mol. The Morgan fingerprint density at radius 1 is 1.65 bits per heavy atom. The number of hydrogen-bond acceptors (Lipinski definition) is 4. The first kappa shape index (κ1) is 14.1. The molecule has 0 aliphatic carbocycles. The van der Waals surface area contributed by atoms with Gasteiger partial charge in [-0.2, -0.15) is 0 Å². The zero-order valence-corrected chi connectivity index (χ0v) is 11.9. The number of aryl methyl sites for hydroxylation is 1. The van der Waals surface area contributed by atoms with Crippen molar-refractivity contribution in [2.45, 2.75) is 13.5 Å². The van der Waals surface area contributed by atoms with Crippen molar-refractivity contribution in [3.05, 3.63) is 25.9 Å². The van der Waals surface area contributed by atoms with Crippen LogP contribution in [-0.2, 0) is 16.1 Å². The average Bonchev–Trinajstić information content (AvgIpc) is 2.30. The van der Waals surface area contributed by atoms with Gasteiger partial charge in [0.25, 0.3) is 5.56 Å². The lowest BCUT2D eigenvalue weighted by atomic mass is 10.4. The van der Waals surface area contributed by atoms with E-state index in [0.29, 0.717) is 22.5 Å². The van der Waals surface area contributed by atoms with Crippen LogP contribution >= 0.6 is 22.6 Å². The summed E-state index contributed by atoms with van der Waals surface area (Å²) in [6.45, 7) is 2.56. The zero-order valence-electron chi connectivity index (χ0n) is 9.70. The highest BCUT2D eigenvalue weighted by atomic mass is 127. The second-order valence-corrected chi connectivity index (χ2v) is 4.55. The molecule has 94 valence electrons. The van der Waals surface area contributed by atoms with Gasteiger partial charge in [0.2, 0.25) is 5.91 Å². The van der Waals surface area contributed by atoms with Gasteiger partial charge in [-0.05, 0) is 29.5 Å². The molecule has 1 rings (SSSR count). The van der Waals surface area contributed by atoms with E-state index < -0.39 is 0 Å². The summed E-state index contributed by atoms with van der Waals surface area (Å²) >= 11 is 1.90. The summed E-state index contributed by atoms with van der Waals surface area (Å²) in [5.74, 6) is 0.299. The van der Waals surface area contributed by atoms with Crippen LogP contribution in [0.15, 0.2) is 11.0 Å². The van der Waals surface area contributed by atoms with Crippen molar-refractivity contribution in [1.82, 2.24) is 14.9 Å². The number of methoxy groups -OCH3 is 1. The monoisotopic (exact) mass is 351 g/mol. The van der Waals surface area contributed by atoms with Crippen molar-refractivity contribution in [2.75, 3.05) is 20.3 Å². The number of hydrogen-bond donors (Lipinski definition) is 1. The lowest BCUT2D eigenvalue weighted by molar-refractivity contribution is -0.121. The summed E-state index contributed by atoms with van der Waals surface area (Å²) in [5, 5.41) is 2.65. The van der Waals surface area contributed by atoms with E-state index in [-0.39, 0.29) is 18.0 Å². The molecule has 0 aliphatic rings. The second-order valence-electron chi connectivity index (χ2n) is 3.39. The van der Waals surface area contributed by atoms with Crippen LogP contribution < -0.4 is 10.9 Å². The molecule has 0 fully saturated rings. The first-order valence-corrected chi connectivity index (χ1v) is 6.11. The van der Waals surface area contributed by atoms with E-state index in [2.05, 4.69) is 10.3 Å². The Balaban J connectivity index is 2.71. The fourth-order valence-corrected chi connectivity index (χ4v) is 1.66. The number of halogens is 1. The molecule has 0 saturated heterocycles. The highest BCUT2D eigenvalue weighted by molar-refractivity contribution is 14.1. The second kappa shape index (κ2) is 6.70. The van der Waals surface area contributed by atoms with E-state index in [1.54, 1.807) is 14.0 Å². The number of nitrogens with one attached hydrogen (secondary N) is 1. The summed E-state index contributed by atoms with van der Waals surface area (Å²) in [6, 6.07) is 0. The molecule has 1 heterocycles. The van der Waals surface area contributed by atoms with Crippen LogP contribution in [0, 0.1) is 10.5 Å². The van der Waals surface area contributed by atoms with Gasteiger partial charge < -0.3 is 10.1 Å². The van der Waals surface area contributed by atoms with Gasteiger partial charge in [-0.3, -0.25) is 14.2 Å². The van der Waals surface area contributed by atoms with Crippen molar-refractivity contribution in [3.8, 4) is 0 Å². The van der Waals surface area contributed by atoms with Crippen LogP contribution in [0.3, 0.4) is 0 Å². The van der Waals surface area contributed by atoms with Crippen molar-refractivity contribution in [2.24, 2.45) is 0 Å². The molecule has 1 aromatic heterocycles. The van der Waals surface area contributed by atoms with E-state index in [9.17, 15) is 9.59 Å². The van der Waals surface area contributed by atoms with Crippen LogP contribution in [0.1, 0.15) is 5.82 Å². The van der Waals surface area contributed by atoms with Crippen molar-refractivity contribution < 1.29 is 9.53 Å². The van der Waals surface area contributed by atoms with Crippen LogP contribution in [-0.4, -0.2) is 35.7 Å². The molecule has 1 amide bonds. The maximum absolute atomic E-state index is 11.8. The number of carbonyl (C=O) groups excluding carboxylic acids is 1. The van der Waals surface area contributed by atoms with Gasteiger partial charge in [0.15, 0.2) is 0 Å². The lowest BCUT2D eigenvalue weighted by Gasteiger charge is -2.09. The Bertz CT molecular complexity index is 459. The van der Waals surface area contributed by atoms with Crippen LogP contribution in [0.25, 0.3) is 0 Å². The van der Waals surface area contributed by atoms with Gasteiger partial charge in [0.05, 0.1) is 10.2 Å². The Hall–Kier alpha value is -0.960. The minimum atomic E-state index is -0.226. The minimum absolute atomic E-state index is 0.0157. The molecule has 1 N–H and O–H groups in total. The van der Waals surface area contributed by atoms with Gasteiger partial charge in [0.1, 0.15) is 12.4 Å². The third kappa shape index (κ3) is 4.08. The van der Waals surface area contributed by atoms with Crippen LogP contribution in [0.2, 0.25) is 0 Å². The molecule has 17 heavy (non-hydrogen) atoms. The lowest BCUT2D eigenvalue weighted by Crippen LogP contribution is -2.35. The molecule has 1 aromatic rings. The molecular formula is C10H14IN3O3. The summed E-state index contributed by atoms with van der Waals surface area (Å²) in [7, 11) is 1.56. The van der Waals surface area contributed by atoms with Gasteiger partial charge in [0, 0.05) is 19.9 Å². The molecule has 0 spiro atoms. The number of aromatic nitrogens is 2. The van der Waals surface area contributed by atoms with E-state index >= 15 is 0 Å². The number of carbonyl (C=O) groups is 1. The first-order valence-electron chi connectivity index (χ1n) is 5.04. The Morgan fingerprint density at radius 3 is 3.00 bits per heavy atom. The first-order chi connectivity index (χ1) is 8.06. The number of amides is 1. The predicted molar refractivity (Wildman–Crippen MR) is 70.8 cm³/mol. The Morgan fingerprint density at radius 2 is 2.35 bits per heavy atom. The fourth-order valence-electron chi connectivity index (χ4n) is 1.23. The molecule has 0 radical (unpaired) electrons. The van der Waals surface area contributed by atoms with Crippen molar-refractivity contribution >= 4 is 28.5 Å². The SMILES string of the molecule is COCCNC(=O)Cn1c(C)ncc(I)c1=O. The molecule has 0 unspecified atom stereocenters. The molecule has 0 aromatic carbocycles. The molecule has 0 bridgehead atoms. The van der Waals surface area contributed by atoms with Gasteiger partial charge in [-0.15, -0.1) is 0 Å². The summed E-state index contributed by atoms with van der Waals surface area (Å²) in [4.78, 5) is 27.4. The zero-order chi connectivity index (χ0) is 12.8. The third-order valence-corrected chi connectivity index (χ3v) is 2.87. The number of nitrogens with zero attached hydrogens (tertiary/aromatic N) is 2. The van der Waals surface area contributed by atoms with Gasteiger partial charge in [-0.25, -0.2) is 4.98 Å². The highest BCUT2D eigenvalue weighted by Gasteiger charge is 2.09. The van der Waals surface area contributed by atoms with E-state index in [0.717, 1.165) is 0 Å². The molecule has 0 atom stereocenters. The molecule has 0 saturated carbocycles. The quantitative estimate of drug-likeness (QED) is 0.595. The van der Waals surface area contributed by atoms with Crippen molar-refractivity contribution in [3.63, 3.8) is 0 Å². The van der Waals surface area contributed by atoms with E-state index in [1.165, 1.54) is 10.8 Å². The highest BCUT2D eigenvalue weighted by Crippen LogP contribution is 1.97. The van der Waals surface area contributed by atoms with E-state index in [4.69, 9.17) is 4.74 Å². The maximum atomic E-state index is 11.8. The topological polar surface area (TPSA) is 73.2 Å². The smallest absolute Gasteiger partial charge is 0.267 e. The fraction of sp³-hybridized carbons (Fsp3) is 0.500. The summed E-state index contributed by atoms with van der Waals surface area (Å²) < 4.78 is 6.66. The summed E-state index contributed by atoms with van der Waals surface area (Å²) in [5.41, 5.74) is -0.194. The summed E-state index contributed by atoms with van der Waals surface area (Å²) in [6.07, 6.45) is 1.50.